The molecule has 0 aliphatic carbocycles. The minimum absolute atomic E-state index is 0.00802. The van der Waals surface area contributed by atoms with Crippen molar-refractivity contribution in [3.63, 3.8) is 0 Å². The van der Waals surface area contributed by atoms with E-state index < -0.39 is 14.1 Å². The molecule has 11 nitrogen and oxygen atoms in total. The van der Waals surface area contributed by atoms with Gasteiger partial charge in [0.1, 0.15) is 23.6 Å². The molecule has 0 aliphatic heterocycles. The SMILES string of the molecule is C=CC(=O)Nc1cncc(-c2cnc3c(c2)c(-c2ccnc(C#N)c2)cn3C(C)OP(=O)(O)OCC)c1. The number of carbonyl (C=O) groups excluding carboxylic acids is 1. The van der Waals surface area contributed by atoms with E-state index in [4.69, 9.17) is 9.05 Å². The third kappa shape index (κ3) is 5.80. The zero-order valence-electron chi connectivity index (χ0n) is 20.0. The Hall–Kier alpha value is -4.20. The first-order valence-corrected chi connectivity index (χ1v) is 12.7. The smallest absolute Gasteiger partial charge is 0.321 e. The number of aromatic nitrogens is 4. The molecule has 0 saturated heterocycles. The maximum absolute atomic E-state index is 12.3. The lowest BCUT2D eigenvalue weighted by molar-refractivity contribution is -0.111. The van der Waals surface area contributed by atoms with Crippen molar-refractivity contribution in [1.82, 2.24) is 19.5 Å². The fourth-order valence-corrected chi connectivity index (χ4v) is 4.63. The Morgan fingerprint density at radius 2 is 2.05 bits per heavy atom. The summed E-state index contributed by atoms with van der Waals surface area (Å²) in [7, 11) is -4.30. The molecule has 12 heteroatoms. The van der Waals surface area contributed by atoms with Crippen LogP contribution in [0.25, 0.3) is 33.3 Å². The minimum Gasteiger partial charge on any atom is -0.321 e. The summed E-state index contributed by atoms with van der Waals surface area (Å²) >= 11 is 0. The number of hydrogen-bond donors (Lipinski definition) is 2. The summed E-state index contributed by atoms with van der Waals surface area (Å²) in [6, 6.07) is 9.06. The molecule has 0 spiro atoms. The zero-order chi connectivity index (χ0) is 26.6. The van der Waals surface area contributed by atoms with Gasteiger partial charge in [0, 0.05) is 46.9 Å². The van der Waals surface area contributed by atoms with Gasteiger partial charge in [0.2, 0.25) is 5.91 Å². The molecule has 2 atom stereocenters. The van der Waals surface area contributed by atoms with Gasteiger partial charge in [-0.2, -0.15) is 5.26 Å². The summed E-state index contributed by atoms with van der Waals surface area (Å²) in [6.45, 7) is 6.65. The van der Waals surface area contributed by atoms with Crippen LogP contribution in [0, 0.1) is 11.3 Å². The number of phosphoric acid groups is 1. The van der Waals surface area contributed by atoms with Crippen molar-refractivity contribution in [1.29, 1.82) is 5.26 Å². The summed E-state index contributed by atoms with van der Waals surface area (Å²) in [6.07, 6.45) is 8.30. The fourth-order valence-electron chi connectivity index (χ4n) is 3.75. The van der Waals surface area contributed by atoms with Crippen LogP contribution in [0.2, 0.25) is 0 Å². The first-order chi connectivity index (χ1) is 17.7. The van der Waals surface area contributed by atoms with E-state index in [1.165, 1.54) is 18.5 Å². The molecule has 0 fully saturated rings. The van der Waals surface area contributed by atoms with E-state index >= 15 is 0 Å². The van der Waals surface area contributed by atoms with Crippen LogP contribution >= 0.6 is 7.82 Å². The molecule has 0 radical (unpaired) electrons. The highest BCUT2D eigenvalue weighted by atomic mass is 31.2. The number of nitrogens with one attached hydrogen (secondary N) is 1. The third-order valence-corrected chi connectivity index (χ3v) is 6.51. The maximum atomic E-state index is 12.3. The second kappa shape index (κ2) is 10.8. The average Bonchev–Trinajstić information content (AvgIpc) is 3.27. The number of hydrogen-bond acceptors (Lipinski definition) is 8. The second-order valence-corrected chi connectivity index (χ2v) is 9.24. The van der Waals surface area contributed by atoms with Crippen LogP contribution in [0.4, 0.5) is 5.69 Å². The Morgan fingerprint density at radius 1 is 1.27 bits per heavy atom. The fraction of sp³-hybridized carbons (Fsp3) is 0.160. The molecule has 0 aromatic carbocycles. The summed E-state index contributed by atoms with van der Waals surface area (Å²) in [5.74, 6) is -0.361. The normalized spacial score (nSPS) is 13.5. The first-order valence-electron chi connectivity index (χ1n) is 11.2. The molecule has 2 N–H and O–H groups in total. The van der Waals surface area contributed by atoms with E-state index in [1.54, 1.807) is 55.2 Å². The van der Waals surface area contributed by atoms with Gasteiger partial charge in [-0.15, -0.1) is 0 Å². The molecule has 4 aromatic heterocycles. The lowest BCUT2D eigenvalue weighted by Crippen LogP contribution is -2.09. The number of nitrogens with zero attached hydrogens (tertiary/aromatic N) is 5. The summed E-state index contributed by atoms with van der Waals surface area (Å²) < 4.78 is 24.0. The van der Waals surface area contributed by atoms with Gasteiger partial charge in [0.15, 0.2) is 0 Å². The zero-order valence-corrected chi connectivity index (χ0v) is 20.9. The summed E-state index contributed by atoms with van der Waals surface area (Å²) in [5, 5.41) is 12.7. The molecule has 0 saturated carbocycles. The molecule has 0 bridgehead atoms. The number of carbonyl (C=O) groups is 1. The first kappa shape index (κ1) is 25.9. The Balaban J connectivity index is 1.85. The van der Waals surface area contributed by atoms with Crippen molar-refractivity contribution in [3.8, 4) is 28.3 Å². The van der Waals surface area contributed by atoms with Crippen LogP contribution in [0.5, 0.6) is 0 Å². The molecule has 37 heavy (non-hydrogen) atoms. The van der Waals surface area contributed by atoms with E-state index in [2.05, 4.69) is 26.8 Å². The Morgan fingerprint density at radius 3 is 2.78 bits per heavy atom. The maximum Gasteiger partial charge on any atom is 0.474 e. The van der Waals surface area contributed by atoms with Crippen LogP contribution in [0.1, 0.15) is 25.8 Å². The number of pyridine rings is 3. The van der Waals surface area contributed by atoms with Crippen molar-refractivity contribution in [3.05, 3.63) is 73.6 Å². The summed E-state index contributed by atoms with van der Waals surface area (Å²) in [5.41, 5.74) is 4.00. The van der Waals surface area contributed by atoms with Crippen LogP contribution < -0.4 is 5.32 Å². The number of rotatable bonds is 9. The van der Waals surface area contributed by atoms with Gasteiger partial charge >= 0.3 is 7.82 Å². The van der Waals surface area contributed by atoms with Crippen LogP contribution in [-0.4, -0.2) is 36.9 Å². The van der Waals surface area contributed by atoms with Gasteiger partial charge in [-0.1, -0.05) is 6.58 Å². The van der Waals surface area contributed by atoms with Crippen molar-refractivity contribution < 1.29 is 23.3 Å². The van der Waals surface area contributed by atoms with Gasteiger partial charge in [-0.3, -0.25) is 18.8 Å². The molecular formula is C25H23N6O5P. The predicted octanol–water partition coefficient (Wildman–Crippen LogP) is 4.83. The van der Waals surface area contributed by atoms with Crippen molar-refractivity contribution in [2.45, 2.75) is 20.1 Å². The number of anilines is 1. The summed E-state index contributed by atoms with van der Waals surface area (Å²) in [4.78, 5) is 34.6. The largest absolute Gasteiger partial charge is 0.474 e. The minimum atomic E-state index is -4.30. The molecule has 4 rings (SSSR count). The van der Waals surface area contributed by atoms with Crippen molar-refractivity contribution in [2.24, 2.45) is 0 Å². The molecule has 188 valence electrons. The monoisotopic (exact) mass is 518 g/mol. The lowest BCUT2D eigenvalue weighted by Gasteiger charge is -2.18. The molecule has 1 amide bonds. The highest BCUT2D eigenvalue weighted by Crippen LogP contribution is 2.47. The molecule has 0 aliphatic rings. The van der Waals surface area contributed by atoms with Crippen LogP contribution in [-0.2, 0) is 18.4 Å². The van der Waals surface area contributed by atoms with Gasteiger partial charge in [-0.05, 0) is 49.8 Å². The third-order valence-electron chi connectivity index (χ3n) is 5.35. The van der Waals surface area contributed by atoms with Crippen LogP contribution in [0.3, 0.4) is 0 Å². The number of amides is 1. The number of phosphoric ester groups is 1. The van der Waals surface area contributed by atoms with E-state index in [-0.39, 0.29) is 18.2 Å². The number of fused-ring (bicyclic) bond motifs is 1. The average molecular weight is 518 g/mol. The highest BCUT2D eigenvalue weighted by molar-refractivity contribution is 7.47. The van der Waals surface area contributed by atoms with E-state index in [0.29, 0.717) is 39.0 Å². The Bertz CT molecular complexity index is 1580. The van der Waals surface area contributed by atoms with E-state index in [1.807, 2.05) is 12.1 Å². The topological polar surface area (TPSA) is 152 Å². The number of nitriles is 1. The van der Waals surface area contributed by atoms with Crippen molar-refractivity contribution in [2.75, 3.05) is 11.9 Å². The standard InChI is InChI=1S/C25H23N6O5P/c1-4-24(32)30-21-9-18(12-27-14-21)19-10-22-23(17-6-7-28-20(8-17)11-26)15-31(25(22)29-13-19)16(3)36-37(33,34)35-5-2/h4,6-10,12-16H,1,5H2,2-3H3,(H,30,32)(H,33,34). The Kier molecular flexibility index (Phi) is 7.57. The second-order valence-electron chi connectivity index (χ2n) is 7.83. The molecule has 4 aromatic rings. The van der Waals surface area contributed by atoms with E-state index in [9.17, 15) is 19.5 Å². The van der Waals surface area contributed by atoms with E-state index in [0.717, 1.165) is 0 Å². The molecular weight excluding hydrogens is 495 g/mol. The van der Waals surface area contributed by atoms with Gasteiger partial charge in [-0.25, -0.2) is 14.5 Å². The lowest BCUT2D eigenvalue weighted by atomic mass is 10.0. The van der Waals surface area contributed by atoms with Gasteiger partial charge < -0.3 is 14.8 Å². The van der Waals surface area contributed by atoms with Gasteiger partial charge in [0.25, 0.3) is 0 Å². The molecule has 2 unspecified atom stereocenters. The Labute approximate surface area is 212 Å². The van der Waals surface area contributed by atoms with Crippen molar-refractivity contribution >= 4 is 30.5 Å². The van der Waals surface area contributed by atoms with Gasteiger partial charge in [0.05, 0.1) is 18.5 Å². The molecule has 4 heterocycles. The quantitative estimate of drug-likeness (QED) is 0.234. The predicted molar refractivity (Wildman–Crippen MR) is 137 cm³/mol. The highest BCUT2D eigenvalue weighted by Gasteiger charge is 2.26. The van der Waals surface area contributed by atoms with Crippen LogP contribution in [0.15, 0.2) is 67.9 Å².